The number of hydrogen-bond acceptors (Lipinski definition) is 2. The highest BCUT2D eigenvalue weighted by Gasteiger charge is 2.46. The monoisotopic (exact) mass is 448 g/mol. The largest absolute Gasteiger partial charge is 0.341 e. The summed E-state index contributed by atoms with van der Waals surface area (Å²) >= 11 is 0. The zero-order chi connectivity index (χ0) is 23.1. The molecule has 0 bridgehead atoms. The van der Waals surface area contributed by atoms with Gasteiger partial charge in [0, 0.05) is 31.5 Å². The number of nitrogens with zero attached hydrogens (tertiary/aromatic N) is 2. The number of unbranched alkanes of at least 4 members (excludes halogenated alkanes) is 10. The van der Waals surface area contributed by atoms with E-state index < -0.39 is 0 Å². The molecule has 32 heavy (non-hydrogen) atoms. The smallest absolute Gasteiger partial charge is 0.222 e. The Morgan fingerprint density at radius 1 is 0.719 bits per heavy atom. The Labute approximate surface area is 201 Å². The van der Waals surface area contributed by atoms with Crippen molar-refractivity contribution < 1.29 is 4.79 Å². The lowest BCUT2D eigenvalue weighted by molar-refractivity contribution is -0.147. The van der Waals surface area contributed by atoms with Crippen LogP contribution in [-0.2, 0) is 4.79 Å². The van der Waals surface area contributed by atoms with Gasteiger partial charge in [-0.25, -0.2) is 0 Å². The van der Waals surface area contributed by atoms with Gasteiger partial charge in [-0.05, 0) is 51.1 Å². The second-order valence-corrected chi connectivity index (χ2v) is 11.3. The molecule has 2 heterocycles. The Kier molecular flexibility index (Phi) is 13.9. The highest BCUT2D eigenvalue weighted by molar-refractivity contribution is 5.77. The Balaban J connectivity index is 1.62. The van der Waals surface area contributed by atoms with Gasteiger partial charge in [0.15, 0.2) is 0 Å². The molecule has 1 amide bonds. The van der Waals surface area contributed by atoms with E-state index in [0.717, 1.165) is 31.8 Å². The lowest BCUT2D eigenvalue weighted by Crippen LogP contribution is -2.62. The predicted octanol–water partition coefficient (Wildman–Crippen LogP) is 7.83. The molecular formula is C29H56N2O. The molecule has 1 unspecified atom stereocenters. The Morgan fingerprint density at radius 2 is 1.22 bits per heavy atom. The molecule has 1 atom stereocenters. The van der Waals surface area contributed by atoms with Crippen molar-refractivity contribution in [2.45, 2.75) is 136 Å². The molecule has 0 radical (unpaired) electrons. The second kappa shape index (κ2) is 16.1. The zero-order valence-electron chi connectivity index (χ0n) is 22.1. The summed E-state index contributed by atoms with van der Waals surface area (Å²) in [6.07, 6.45) is 23.6. The van der Waals surface area contributed by atoms with Crippen molar-refractivity contribution in [2.24, 2.45) is 11.3 Å². The lowest BCUT2D eigenvalue weighted by atomic mass is 9.71. The normalized spacial score (nSPS) is 19.3. The van der Waals surface area contributed by atoms with Crippen LogP contribution in [-0.4, -0.2) is 48.4 Å². The molecule has 2 aliphatic rings. The molecule has 0 N–H and O–H groups in total. The van der Waals surface area contributed by atoms with Crippen LogP contribution in [0.15, 0.2) is 0 Å². The lowest BCUT2D eigenvalue weighted by Gasteiger charge is -2.54. The first kappa shape index (κ1) is 27.7. The van der Waals surface area contributed by atoms with E-state index in [1.807, 2.05) is 0 Å². The first-order valence-electron chi connectivity index (χ1n) is 14.6. The van der Waals surface area contributed by atoms with Gasteiger partial charge in [-0.15, -0.1) is 0 Å². The Bertz CT molecular complexity index is 476. The molecule has 0 aromatic carbocycles. The summed E-state index contributed by atoms with van der Waals surface area (Å²) in [7, 11) is 0. The molecule has 2 fully saturated rings. The minimum atomic E-state index is 0.427. The van der Waals surface area contributed by atoms with E-state index in [4.69, 9.17) is 0 Å². The van der Waals surface area contributed by atoms with Crippen LogP contribution in [0.2, 0.25) is 0 Å². The maximum atomic E-state index is 12.5. The molecule has 1 spiro atoms. The molecule has 0 aliphatic carbocycles. The van der Waals surface area contributed by atoms with Crippen LogP contribution in [0.3, 0.4) is 0 Å². The third-order valence-electron chi connectivity index (χ3n) is 8.26. The Hall–Kier alpha value is -0.570. The fourth-order valence-electron chi connectivity index (χ4n) is 5.92. The second-order valence-electron chi connectivity index (χ2n) is 11.3. The minimum Gasteiger partial charge on any atom is -0.341 e. The SMILES string of the molecule is CCCCCCCCC(=O)N1CC2(CCN(CC(CCCCC)CCCCCC)CC2)C1. The molecular weight excluding hydrogens is 392 g/mol. The predicted molar refractivity (Wildman–Crippen MR) is 139 cm³/mol. The molecule has 3 nitrogen and oxygen atoms in total. The van der Waals surface area contributed by atoms with Crippen LogP contribution >= 0.6 is 0 Å². The summed E-state index contributed by atoms with van der Waals surface area (Å²) in [6.45, 7) is 12.8. The molecule has 2 aliphatic heterocycles. The maximum absolute atomic E-state index is 12.5. The standard InChI is InChI=1S/C29H56N2O/c1-4-7-10-12-13-16-19-28(32)31-25-29(26-31)20-22-30(23-21-29)24-27(17-14-9-6-3)18-15-11-8-5-2/h27H,4-26H2,1-3H3. The highest BCUT2D eigenvalue weighted by atomic mass is 16.2. The van der Waals surface area contributed by atoms with Crippen molar-refractivity contribution in [3.05, 3.63) is 0 Å². The average molecular weight is 449 g/mol. The van der Waals surface area contributed by atoms with Gasteiger partial charge in [0.25, 0.3) is 0 Å². The van der Waals surface area contributed by atoms with Crippen LogP contribution < -0.4 is 0 Å². The molecule has 0 aromatic heterocycles. The number of rotatable bonds is 18. The third-order valence-corrected chi connectivity index (χ3v) is 8.26. The van der Waals surface area contributed by atoms with E-state index in [2.05, 4.69) is 30.6 Å². The summed E-state index contributed by atoms with van der Waals surface area (Å²) in [5.41, 5.74) is 0.464. The van der Waals surface area contributed by atoms with Gasteiger partial charge in [0.2, 0.25) is 5.91 Å². The van der Waals surface area contributed by atoms with Crippen molar-refractivity contribution in [3.63, 3.8) is 0 Å². The number of piperidine rings is 1. The van der Waals surface area contributed by atoms with E-state index in [9.17, 15) is 4.79 Å². The van der Waals surface area contributed by atoms with Gasteiger partial charge in [-0.2, -0.15) is 0 Å². The van der Waals surface area contributed by atoms with Crippen molar-refractivity contribution in [1.82, 2.24) is 9.80 Å². The van der Waals surface area contributed by atoms with Crippen LogP contribution in [0.5, 0.6) is 0 Å². The van der Waals surface area contributed by atoms with Gasteiger partial charge in [0.1, 0.15) is 0 Å². The topological polar surface area (TPSA) is 23.6 Å². The molecule has 0 aromatic rings. The van der Waals surface area contributed by atoms with Crippen LogP contribution in [0.4, 0.5) is 0 Å². The molecule has 0 saturated carbocycles. The third kappa shape index (κ3) is 10.1. The van der Waals surface area contributed by atoms with Gasteiger partial charge in [-0.1, -0.05) is 97.8 Å². The molecule has 2 saturated heterocycles. The first-order valence-corrected chi connectivity index (χ1v) is 14.6. The maximum Gasteiger partial charge on any atom is 0.222 e. The van der Waals surface area contributed by atoms with E-state index in [0.29, 0.717) is 11.3 Å². The van der Waals surface area contributed by atoms with Crippen LogP contribution in [0.25, 0.3) is 0 Å². The van der Waals surface area contributed by atoms with Crippen LogP contribution in [0.1, 0.15) is 136 Å². The zero-order valence-corrected chi connectivity index (χ0v) is 22.1. The summed E-state index contributed by atoms with van der Waals surface area (Å²) in [6, 6.07) is 0. The van der Waals surface area contributed by atoms with E-state index in [1.54, 1.807) is 0 Å². The van der Waals surface area contributed by atoms with Crippen molar-refractivity contribution in [2.75, 3.05) is 32.7 Å². The number of hydrogen-bond donors (Lipinski definition) is 0. The van der Waals surface area contributed by atoms with Crippen molar-refractivity contribution in [3.8, 4) is 0 Å². The first-order chi connectivity index (χ1) is 15.6. The summed E-state index contributed by atoms with van der Waals surface area (Å²) in [4.78, 5) is 17.5. The van der Waals surface area contributed by atoms with E-state index >= 15 is 0 Å². The van der Waals surface area contributed by atoms with Gasteiger partial charge < -0.3 is 9.80 Å². The van der Waals surface area contributed by atoms with Crippen molar-refractivity contribution in [1.29, 1.82) is 0 Å². The fourth-order valence-corrected chi connectivity index (χ4v) is 5.92. The Morgan fingerprint density at radius 3 is 1.84 bits per heavy atom. The number of likely N-dealkylation sites (tertiary alicyclic amines) is 2. The highest BCUT2D eigenvalue weighted by Crippen LogP contribution is 2.41. The molecule has 188 valence electrons. The van der Waals surface area contributed by atoms with Gasteiger partial charge in [0.05, 0.1) is 0 Å². The number of carbonyl (C=O) groups is 1. The fraction of sp³-hybridized carbons (Fsp3) is 0.966. The van der Waals surface area contributed by atoms with E-state index in [-0.39, 0.29) is 0 Å². The van der Waals surface area contributed by atoms with Crippen molar-refractivity contribution >= 4 is 5.91 Å². The van der Waals surface area contributed by atoms with E-state index in [1.165, 1.54) is 122 Å². The van der Waals surface area contributed by atoms with Gasteiger partial charge in [-0.3, -0.25) is 4.79 Å². The quantitative estimate of drug-likeness (QED) is 0.199. The van der Waals surface area contributed by atoms with Crippen LogP contribution in [0, 0.1) is 11.3 Å². The van der Waals surface area contributed by atoms with Gasteiger partial charge >= 0.3 is 0 Å². The molecule has 3 heteroatoms. The summed E-state index contributed by atoms with van der Waals surface area (Å²) in [5.74, 6) is 1.33. The summed E-state index contributed by atoms with van der Waals surface area (Å²) < 4.78 is 0. The molecule has 2 rings (SSSR count). The average Bonchev–Trinajstić information content (AvgIpc) is 2.78. The minimum absolute atomic E-state index is 0.427. The number of carbonyl (C=O) groups excluding carboxylic acids is 1. The summed E-state index contributed by atoms with van der Waals surface area (Å²) in [5, 5.41) is 0. The number of amides is 1.